The standard InChI is InChI=1S/C12H17ClFNO/c1-7-8(6-12(2,3)15)11(16-4)9(13)5-10(7)14/h5H,6,15H2,1-4H3. The van der Waals surface area contributed by atoms with Gasteiger partial charge in [0.1, 0.15) is 11.6 Å². The third kappa shape index (κ3) is 2.86. The lowest BCUT2D eigenvalue weighted by atomic mass is 9.92. The average Bonchev–Trinajstić information content (AvgIpc) is 2.12. The van der Waals surface area contributed by atoms with Crippen molar-refractivity contribution >= 4 is 11.6 Å². The van der Waals surface area contributed by atoms with E-state index in [1.54, 1.807) is 6.92 Å². The first kappa shape index (κ1) is 13.3. The van der Waals surface area contributed by atoms with Gasteiger partial charge in [0.05, 0.1) is 12.1 Å². The quantitative estimate of drug-likeness (QED) is 0.888. The number of methoxy groups -OCH3 is 1. The van der Waals surface area contributed by atoms with Crippen LogP contribution in [0.5, 0.6) is 5.75 Å². The summed E-state index contributed by atoms with van der Waals surface area (Å²) in [4.78, 5) is 0. The number of nitrogens with two attached hydrogens (primary N) is 1. The van der Waals surface area contributed by atoms with Crippen molar-refractivity contribution in [3.8, 4) is 5.75 Å². The van der Waals surface area contributed by atoms with Crippen LogP contribution in [-0.4, -0.2) is 12.6 Å². The van der Waals surface area contributed by atoms with Gasteiger partial charge in [0.2, 0.25) is 0 Å². The second kappa shape index (κ2) is 4.60. The van der Waals surface area contributed by atoms with Gasteiger partial charge >= 0.3 is 0 Å². The van der Waals surface area contributed by atoms with Crippen LogP contribution in [0, 0.1) is 12.7 Å². The van der Waals surface area contributed by atoms with Crippen LogP contribution in [0.1, 0.15) is 25.0 Å². The lowest BCUT2D eigenvalue weighted by molar-refractivity contribution is 0.400. The Kier molecular flexibility index (Phi) is 3.81. The Hall–Kier alpha value is -0.800. The molecule has 4 heteroatoms. The van der Waals surface area contributed by atoms with Gasteiger partial charge in [-0.3, -0.25) is 0 Å². The van der Waals surface area contributed by atoms with Gasteiger partial charge in [0.25, 0.3) is 0 Å². The molecule has 0 radical (unpaired) electrons. The van der Waals surface area contributed by atoms with Crippen LogP contribution < -0.4 is 10.5 Å². The van der Waals surface area contributed by atoms with E-state index in [0.29, 0.717) is 17.7 Å². The first-order chi connectivity index (χ1) is 7.26. The summed E-state index contributed by atoms with van der Waals surface area (Å²) in [6.07, 6.45) is 0.513. The summed E-state index contributed by atoms with van der Waals surface area (Å²) in [6, 6.07) is 1.27. The van der Waals surface area contributed by atoms with Crippen LogP contribution in [0.4, 0.5) is 4.39 Å². The van der Waals surface area contributed by atoms with Crippen molar-refractivity contribution in [2.45, 2.75) is 32.7 Å². The van der Waals surface area contributed by atoms with Gasteiger partial charge in [0, 0.05) is 11.1 Å². The van der Waals surface area contributed by atoms with Crippen molar-refractivity contribution < 1.29 is 9.13 Å². The molecular formula is C12H17ClFNO. The minimum atomic E-state index is -0.435. The van der Waals surface area contributed by atoms with Gasteiger partial charge < -0.3 is 10.5 Å². The van der Waals surface area contributed by atoms with Crippen molar-refractivity contribution in [3.63, 3.8) is 0 Å². The zero-order valence-electron chi connectivity index (χ0n) is 10.0. The molecule has 0 amide bonds. The Morgan fingerprint density at radius 3 is 2.50 bits per heavy atom. The van der Waals surface area contributed by atoms with Gasteiger partial charge in [-0.2, -0.15) is 0 Å². The molecule has 2 N–H and O–H groups in total. The molecule has 0 aliphatic rings. The molecule has 2 nitrogen and oxygen atoms in total. The average molecular weight is 246 g/mol. The zero-order valence-corrected chi connectivity index (χ0v) is 10.8. The maximum atomic E-state index is 13.6. The molecule has 0 spiro atoms. The molecule has 0 saturated carbocycles. The highest BCUT2D eigenvalue weighted by Crippen LogP contribution is 2.34. The van der Waals surface area contributed by atoms with Crippen LogP contribution in [0.15, 0.2) is 6.07 Å². The molecule has 90 valence electrons. The molecule has 1 rings (SSSR count). The summed E-state index contributed by atoms with van der Waals surface area (Å²) in [7, 11) is 1.52. The molecule has 0 fully saturated rings. The van der Waals surface area contributed by atoms with Gasteiger partial charge in [-0.05, 0) is 38.8 Å². The molecule has 0 aliphatic heterocycles. The highest BCUT2D eigenvalue weighted by atomic mass is 35.5. The zero-order chi connectivity index (χ0) is 12.5. The molecule has 16 heavy (non-hydrogen) atoms. The fourth-order valence-electron chi connectivity index (χ4n) is 1.63. The SMILES string of the molecule is COc1c(Cl)cc(F)c(C)c1CC(C)(C)N. The monoisotopic (exact) mass is 245 g/mol. The summed E-state index contributed by atoms with van der Waals surface area (Å²) < 4.78 is 18.8. The van der Waals surface area contributed by atoms with Gasteiger partial charge in [-0.25, -0.2) is 4.39 Å². The van der Waals surface area contributed by atoms with E-state index in [4.69, 9.17) is 22.1 Å². The van der Waals surface area contributed by atoms with E-state index >= 15 is 0 Å². The second-order valence-corrected chi connectivity index (χ2v) is 5.05. The molecule has 0 heterocycles. The Morgan fingerprint density at radius 1 is 1.50 bits per heavy atom. The number of rotatable bonds is 3. The van der Waals surface area contributed by atoms with E-state index in [9.17, 15) is 4.39 Å². The molecule has 0 atom stereocenters. The van der Waals surface area contributed by atoms with E-state index in [1.807, 2.05) is 13.8 Å². The van der Waals surface area contributed by atoms with Crippen LogP contribution in [0.3, 0.4) is 0 Å². The second-order valence-electron chi connectivity index (χ2n) is 4.64. The molecule has 1 aromatic carbocycles. The first-order valence-electron chi connectivity index (χ1n) is 5.06. The van der Waals surface area contributed by atoms with Crippen molar-refractivity contribution in [3.05, 3.63) is 28.0 Å². The number of hydrogen-bond acceptors (Lipinski definition) is 2. The summed E-state index contributed by atoms with van der Waals surface area (Å²) in [5, 5.41) is 0.282. The minimum Gasteiger partial charge on any atom is -0.495 e. The van der Waals surface area contributed by atoms with E-state index in [-0.39, 0.29) is 10.8 Å². The normalized spacial score (nSPS) is 11.7. The third-order valence-electron chi connectivity index (χ3n) is 2.39. The highest BCUT2D eigenvalue weighted by Gasteiger charge is 2.21. The Balaban J connectivity index is 3.33. The van der Waals surface area contributed by atoms with Crippen molar-refractivity contribution in [2.75, 3.05) is 7.11 Å². The summed E-state index contributed by atoms with van der Waals surface area (Å²) in [5.41, 5.74) is 6.78. The summed E-state index contributed by atoms with van der Waals surface area (Å²) >= 11 is 5.93. The van der Waals surface area contributed by atoms with E-state index in [1.165, 1.54) is 13.2 Å². The molecule has 0 saturated heterocycles. The number of hydrogen-bond donors (Lipinski definition) is 1. The van der Waals surface area contributed by atoms with E-state index in [0.717, 1.165) is 5.56 Å². The van der Waals surface area contributed by atoms with Gasteiger partial charge in [-0.1, -0.05) is 11.6 Å². The molecule has 0 aromatic heterocycles. The molecule has 1 aromatic rings. The number of benzene rings is 1. The van der Waals surface area contributed by atoms with Crippen molar-refractivity contribution in [1.82, 2.24) is 0 Å². The lowest BCUT2D eigenvalue weighted by Gasteiger charge is -2.22. The van der Waals surface area contributed by atoms with Gasteiger partial charge in [0.15, 0.2) is 0 Å². The predicted molar refractivity (Wildman–Crippen MR) is 64.7 cm³/mol. The number of halogens is 2. The molecule has 0 unspecified atom stereocenters. The molecular weight excluding hydrogens is 229 g/mol. The topological polar surface area (TPSA) is 35.2 Å². The van der Waals surface area contributed by atoms with E-state index in [2.05, 4.69) is 0 Å². The smallest absolute Gasteiger partial charge is 0.141 e. The predicted octanol–water partition coefficient (Wildman–Crippen LogP) is 3.08. The maximum Gasteiger partial charge on any atom is 0.141 e. The molecule has 0 aliphatic carbocycles. The van der Waals surface area contributed by atoms with Crippen LogP contribution in [0.2, 0.25) is 5.02 Å². The van der Waals surface area contributed by atoms with Crippen LogP contribution >= 0.6 is 11.6 Å². The Labute approximate surface area is 101 Å². The maximum absolute atomic E-state index is 13.6. The first-order valence-corrected chi connectivity index (χ1v) is 5.44. The Morgan fingerprint density at radius 2 is 2.06 bits per heavy atom. The van der Waals surface area contributed by atoms with Gasteiger partial charge in [-0.15, -0.1) is 0 Å². The summed E-state index contributed by atoms with van der Waals surface area (Å²) in [5.74, 6) is 0.184. The molecule has 0 bridgehead atoms. The lowest BCUT2D eigenvalue weighted by Crippen LogP contribution is -2.35. The fourth-order valence-corrected chi connectivity index (χ4v) is 1.92. The number of ether oxygens (including phenoxy) is 1. The Bertz CT molecular complexity index is 399. The highest BCUT2D eigenvalue weighted by molar-refractivity contribution is 6.32. The minimum absolute atomic E-state index is 0.282. The van der Waals surface area contributed by atoms with Crippen molar-refractivity contribution in [1.29, 1.82) is 0 Å². The fraction of sp³-hybridized carbons (Fsp3) is 0.500. The van der Waals surface area contributed by atoms with Crippen molar-refractivity contribution in [2.24, 2.45) is 5.73 Å². The van der Waals surface area contributed by atoms with Crippen LogP contribution in [0.25, 0.3) is 0 Å². The largest absolute Gasteiger partial charge is 0.495 e. The van der Waals surface area contributed by atoms with E-state index < -0.39 is 5.54 Å². The third-order valence-corrected chi connectivity index (χ3v) is 2.67. The van der Waals surface area contributed by atoms with Crippen LogP contribution in [-0.2, 0) is 6.42 Å². The summed E-state index contributed by atoms with van der Waals surface area (Å²) in [6.45, 7) is 5.46.